The summed E-state index contributed by atoms with van der Waals surface area (Å²) in [7, 11) is 0. The van der Waals surface area contributed by atoms with Crippen molar-refractivity contribution in [3.05, 3.63) is 24.0 Å². The normalized spacial score (nSPS) is 10.7. The highest BCUT2D eigenvalue weighted by molar-refractivity contribution is 5.77. The fourth-order valence-corrected chi connectivity index (χ4v) is 1.40. The molecule has 17 heavy (non-hydrogen) atoms. The smallest absolute Gasteiger partial charge is 0.243 e. The Morgan fingerprint density at radius 1 is 1.47 bits per heavy atom. The third-order valence-corrected chi connectivity index (χ3v) is 2.28. The molecule has 0 aromatic carbocycles. The maximum absolute atomic E-state index is 13.3. The minimum atomic E-state index is -0.716. The zero-order chi connectivity index (χ0) is 12.3. The average Bonchev–Trinajstić information content (AvgIpc) is 2.95. The van der Waals surface area contributed by atoms with E-state index in [1.807, 2.05) is 6.92 Å². The number of carbonyl (C=O) groups is 1. The summed E-state index contributed by atoms with van der Waals surface area (Å²) in [6.45, 7) is 1.98. The summed E-state index contributed by atoms with van der Waals surface area (Å²) in [5.74, 6) is -0.716. The molecular weight excluding hydrogens is 227 g/mol. The molecule has 2 aromatic heterocycles. The first-order valence-corrected chi connectivity index (χ1v) is 5.25. The zero-order valence-corrected chi connectivity index (χ0v) is 9.25. The largest absolute Gasteiger partial charge is 0.372 e. The number of nitrogens with zero attached hydrogens (tertiary/aromatic N) is 6. The van der Waals surface area contributed by atoms with E-state index in [4.69, 9.17) is 0 Å². The van der Waals surface area contributed by atoms with Gasteiger partial charge in [-0.25, -0.2) is 4.79 Å². The van der Waals surface area contributed by atoms with Crippen LogP contribution in [0.5, 0.6) is 0 Å². The third-order valence-electron chi connectivity index (χ3n) is 2.28. The Kier molecular flexibility index (Phi) is 3.22. The van der Waals surface area contributed by atoms with E-state index >= 15 is 0 Å². The van der Waals surface area contributed by atoms with Gasteiger partial charge in [0.15, 0.2) is 0 Å². The molecule has 0 aliphatic heterocycles. The Balaban J connectivity index is 2.29. The maximum atomic E-state index is 13.3. The van der Waals surface area contributed by atoms with Crippen molar-refractivity contribution < 1.29 is 9.18 Å². The molecule has 0 unspecified atom stereocenters. The summed E-state index contributed by atoms with van der Waals surface area (Å²) in [6.07, 6.45) is 4.79. The molecule has 0 amide bonds. The van der Waals surface area contributed by atoms with Crippen LogP contribution in [0, 0.1) is 5.95 Å². The Morgan fingerprint density at radius 3 is 2.94 bits per heavy atom. The molecule has 0 aliphatic carbocycles. The second-order valence-electron chi connectivity index (χ2n) is 3.47. The lowest BCUT2D eigenvalue weighted by Crippen LogP contribution is -2.23. The van der Waals surface area contributed by atoms with Gasteiger partial charge < -0.3 is 0 Å². The van der Waals surface area contributed by atoms with Crippen molar-refractivity contribution in [1.29, 1.82) is 0 Å². The van der Waals surface area contributed by atoms with Crippen molar-refractivity contribution in [2.75, 3.05) is 0 Å². The van der Waals surface area contributed by atoms with E-state index in [2.05, 4.69) is 20.6 Å². The first-order chi connectivity index (χ1) is 8.24. The lowest BCUT2D eigenvalue weighted by Gasteiger charge is -2.02. The van der Waals surface area contributed by atoms with Crippen LogP contribution in [0.15, 0.2) is 12.4 Å². The molecule has 0 aliphatic rings. The van der Waals surface area contributed by atoms with Crippen LogP contribution in [0.25, 0.3) is 0 Å². The van der Waals surface area contributed by atoms with E-state index in [9.17, 15) is 9.18 Å². The van der Waals surface area contributed by atoms with Crippen molar-refractivity contribution in [3.8, 4) is 0 Å². The van der Waals surface area contributed by atoms with E-state index < -0.39 is 12.0 Å². The fraction of sp³-hybridized carbons (Fsp3) is 0.444. The molecule has 0 spiro atoms. The molecule has 8 heteroatoms. The van der Waals surface area contributed by atoms with Crippen molar-refractivity contribution >= 4 is 6.03 Å². The monoisotopic (exact) mass is 238 g/mol. The van der Waals surface area contributed by atoms with E-state index in [0.717, 1.165) is 22.2 Å². The molecule has 90 valence electrons. The van der Waals surface area contributed by atoms with E-state index in [1.165, 1.54) is 12.4 Å². The van der Waals surface area contributed by atoms with Crippen LogP contribution >= 0.6 is 0 Å². The fourth-order valence-electron chi connectivity index (χ4n) is 1.40. The van der Waals surface area contributed by atoms with Gasteiger partial charge in [-0.1, -0.05) is 28.9 Å². The Labute approximate surface area is 96.2 Å². The number of unbranched alkanes of at least 4 members (excludes halogenated alkanes) is 1. The second-order valence-corrected chi connectivity index (χ2v) is 3.47. The van der Waals surface area contributed by atoms with Crippen LogP contribution < -0.4 is 0 Å². The lowest BCUT2D eigenvalue weighted by atomic mass is 10.2. The van der Waals surface area contributed by atoms with Crippen molar-refractivity contribution in [1.82, 2.24) is 30.0 Å². The average molecular weight is 238 g/mol. The number of carbonyl (C=O) groups excluding carboxylic acids is 1. The summed E-state index contributed by atoms with van der Waals surface area (Å²) >= 11 is 0. The van der Waals surface area contributed by atoms with Gasteiger partial charge in [-0.05, 0) is 12.8 Å². The van der Waals surface area contributed by atoms with Crippen molar-refractivity contribution in [2.45, 2.75) is 26.2 Å². The number of hydrogen-bond acceptors (Lipinski definition) is 5. The Bertz CT molecular complexity index is 506. The minimum Gasteiger partial charge on any atom is -0.243 e. The first kappa shape index (κ1) is 11.4. The predicted octanol–water partition coefficient (Wildman–Crippen LogP) is 0.868. The summed E-state index contributed by atoms with van der Waals surface area (Å²) in [5, 5.41) is 13.8. The van der Waals surface area contributed by atoms with E-state index in [1.54, 1.807) is 0 Å². The molecule has 0 saturated heterocycles. The summed E-state index contributed by atoms with van der Waals surface area (Å²) in [4.78, 5) is 11.9. The van der Waals surface area contributed by atoms with E-state index in [-0.39, 0.29) is 5.69 Å². The Morgan fingerprint density at radius 2 is 2.29 bits per heavy atom. The SMILES string of the molecule is CCCCc1c(F)nnn1C(=O)n1ccnn1. The Hall–Kier alpha value is -2.12. The molecule has 7 nitrogen and oxygen atoms in total. The number of hydrogen-bond donors (Lipinski definition) is 0. The maximum Gasteiger partial charge on any atom is 0.372 e. The van der Waals surface area contributed by atoms with Gasteiger partial charge in [0.25, 0.3) is 5.95 Å². The quantitative estimate of drug-likeness (QED) is 0.792. The highest BCUT2D eigenvalue weighted by Gasteiger charge is 2.19. The van der Waals surface area contributed by atoms with Crippen LogP contribution in [-0.4, -0.2) is 36.0 Å². The molecule has 0 radical (unpaired) electrons. The molecular formula is C9H11FN6O. The molecule has 0 fully saturated rings. The van der Waals surface area contributed by atoms with Crippen LogP contribution in [-0.2, 0) is 6.42 Å². The lowest BCUT2D eigenvalue weighted by molar-refractivity contribution is 0.236. The summed E-state index contributed by atoms with van der Waals surface area (Å²) in [6, 6.07) is -0.593. The van der Waals surface area contributed by atoms with Gasteiger partial charge >= 0.3 is 6.03 Å². The number of rotatable bonds is 3. The highest BCUT2D eigenvalue weighted by atomic mass is 19.1. The molecule has 0 saturated carbocycles. The molecule has 0 N–H and O–H groups in total. The van der Waals surface area contributed by atoms with Crippen LogP contribution in [0.3, 0.4) is 0 Å². The molecule has 2 aromatic rings. The van der Waals surface area contributed by atoms with Gasteiger partial charge in [-0.15, -0.1) is 5.10 Å². The summed E-state index contributed by atoms with van der Waals surface area (Å²) in [5.41, 5.74) is 0.173. The van der Waals surface area contributed by atoms with Crippen LogP contribution in [0.4, 0.5) is 9.18 Å². The van der Waals surface area contributed by atoms with Gasteiger partial charge in [-0.3, -0.25) is 0 Å². The minimum absolute atomic E-state index is 0.173. The van der Waals surface area contributed by atoms with E-state index in [0.29, 0.717) is 6.42 Å². The van der Waals surface area contributed by atoms with Gasteiger partial charge in [0.1, 0.15) is 5.69 Å². The molecule has 2 rings (SSSR count). The standard InChI is InChI=1S/C9H11FN6O/c1-2-3-4-7-8(10)12-14-16(7)9(17)15-6-5-11-13-15/h5-6H,2-4H2,1H3. The number of aromatic nitrogens is 6. The van der Waals surface area contributed by atoms with Crippen LogP contribution in [0.2, 0.25) is 0 Å². The van der Waals surface area contributed by atoms with Gasteiger partial charge in [0.2, 0.25) is 0 Å². The van der Waals surface area contributed by atoms with Gasteiger partial charge in [0, 0.05) is 0 Å². The number of halogens is 1. The second kappa shape index (κ2) is 4.81. The van der Waals surface area contributed by atoms with Crippen LogP contribution in [0.1, 0.15) is 25.5 Å². The first-order valence-electron chi connectivity index (χ1n) is 5.25. The topological polar surface area (TPSA) is 78.5 Å². The molecule has 2 heterocycles. The van der Waals surface area contributed by atoms with Crippen molar-refractivity contribution in [3.63, 3.8) is 0 Å². The van der Waals surface area contributed by atoms with Crippen molar-refractivity contribution in [2.24, 2.45) is 0 Å². The van der Waals surface area contributed by atoms with Gasteiger partial charge in [0.05, 0.1) is 12.4 Å². The highest BCUT2D eigenvalue weighted by Crippen LogP contribution is 2.08. The molecule has 0 atom stereocenters. The predicted molar refractivity (Wildman–Crippen MR) is 54.8 cm³/mol. The third kappa shape index (κ3) is 2.19. The molecule has 0 bridgehead atoms. The summed E-state index contributed by atoms with van der Waals surface area (Å²) < 4.78 is 15.2. The van der Waals surface area contributed by atoms with Gasteiger partial charge in [-0.2, -0.15) is 13.8 Å². The zero-order valence-electron chi connectivity index (χ0n) is 9.25.